The van der Waals surface area contributed by atoms with Gasteiger partial charge in [-0.1, -0.05) is 11.6 Å². The highest BCUT2D eigenvalue weighted by Gasteiger charge is 2.25. The van der Waals surface area contributed by atoms with E-state index in [-0.39, 0.29) is 11.7 Å². The van der Waals surface area contributed by atoms with E-state index >= 15 is 0 Å². The SMILES string of the molecule is COC(=C\C(C)=C\[C@H]1CCCc2c1oc1ccc(O)cc21)/C=C/C(=O)O. The molecule has 1 aromatic heterocycles. The topological polar surface area (TPSA) is 79.9 Å². The van der Waals surface area contributed by atoms with Crippen molar-refractivity contribution in [1.29, 1.82) is 0 Å². The lowest BCUT2D eigenvalue weighted by molar-refractivity contribution is -0.131. The summed E-state index contributed by atoms with van der Waals surface area (Å²) in [6.45, 7) is 1.95. The second-order valence-electron chi connectivity index (χ2n) is 6.46. The van der Waals surface area contributed by atoms with E-state index in [1.807, 2.05) is 13.0 Å². The Morgan fingerprint density at radius 1 is 1.35 bits per heavy atom. The standard InChI is InChI=1S/C21H22O5/c1-13(11-16(25-2)7-9-20(23)24)10-14-4-3-5-17-18-12-15(22)6-8-19(18)26-21(14)17/h6-12,14,22H,3-5H2,1-2H3,(H,23,24)/b9-7+,13-10+,16-11-/t14-/m1/s1. The van der Waals surface area contributed by atoms with Crippen molar-refractivity contribution in [3.8, 4) is 5.75 Å². The fourth-order valence-corrected chi connectivity index (χ4v) is 3.42. The van der Waals surface area contributed by atoms with Gasteiger partial charge in [0.25, 0.3) is 0 Å². The number of aliphatic carboxylic acids is 1. The summed E-state index contributed by atoms with van der Waals surface area (Å²) in [6.07, 6.45) is 9.37. The Labute approximate surface area is 151 Å². The Morgan fingerprint density at radius 2 is 2.15 bits per heavy atom. The van der Waals surface area contributed by atoms with Crippen molar-refractivity contribution in [2.24, 2.45) is 0 Å². The minimum absolute atomic E-state index is 0.145. The number of aryl methyl sites for hydroxylation is 1. The highest BCUT2D eigenvalue weighted by molar-refractivity contribution is 5.84. The van der Waals surface area contributed by atoms with Crippen LogP contribution >= 0.6 is 0 Å². The van der Waals surface area contributed by atoms with E-state index in [2.05, 4.69) is 6.08 Å². The van der Waals surface area contributed by atoms with Gasteiger partial charge in [-0.05, 0) is 56.5 Å². The molecule has 1 aliphatic rings. The predicted octanol–water partition coefficient (Wildman–Crippen LogP) is 4.68. The second kappa shape index (κ2) is 7.52. The van der Waals surface area contributed by atoms with Crippen molar-refractivity contribution in [3.63, 3.8) is 0 Å². The van der Waals surface area contributed by atoms with Crippen LogP contribution in [-0.2, 0) is 16.0 Å². The predicted molar refractivity (Wildman–Crippen MR) is 99.2 cm³/mol. The van der Waals surface area contributed by atoms with Gasteiger partial charge in [-0.3, -0.25) is 0 Å². The second-order valence-corrected chi connectivity index (χ2v) is 6.46. The van der Waals surface area contributed by atoms with E-state index in [1.165, 1.54) is 13.2 Å². The van der Waals surface area contributed by atoms with Crippen molar-refractivity contribution in [3.05, 3.63) is 65.2 Å². The molecule has 1 aliphatic carbocycles. The zero-order valence-electron chi connectivity index (χ0n) is 14.9. The molecule has 2 aromatic rings. The molecular formula is C21H22O5. The maximum absolute atomic E-state index is 10.7. The third kappa shape index (κ3) is 3.82. The van der Waals surface area contributed by atoms with Crippen LogP contribution in [0.2, 0.25) is 0 Å². The lowest BCUT2D eigenvalue weighted by atomic mass is 9.86. The molecule has 1 atom stereocenters. The van der Waals surface area contributed by atoms with E-state index in [0.29, 0.717) is 5.76 Å². The number of phenols is 1. The number of ether oxygens (including phenoxy) is 1. The van der Waals surface area contributed by atoms with E-state index in [9.17, 15) is 9.90 Å². The average Bonchev–Trinajstić information content (AvgIpc) is 2.97. The maximum Gasteiger partial charge on any atom is 0.328 e. The number of fused-ring (bicyclic) bond motifs is 3. The first-order valence-corrected chi connectivity index (χ1v) is 8.57. The van der Waals surface area contributed by atoms with Crippen molar-refractivity contribution >= 4 is 16.9 Å². The minimum atomic E-state index is -1.02. The molecular weight excluding hydrogens is 332 g/mol. The van der Waals surface area contributed by atoms with Crippen LogP contribution in [0, 0.1) is 0 Å². The number of furan rings is 1. The summed E-state index contributed by atoms with van der Waals surface area (Å²) in [5.41, 5.74) is 2.93. The van der Waals surface area contributed by atoms with Gasteiger partial charge in [0, 0.05) is 22.9 Å². The minimum Gasteiger partial charge on any atom is -0.508 e. The average molecular weight is 354 g/mol. The van der Waals surface area contributed by atoms with E-state index in [1.54, 1.807) is 18.2 Å². The van der Waals surface area contributed by atoms with Gasteiger partial charge >= 0.3 is 5.97 Å². The number of benzene rings is 1. The van der Waals surface area contributed by atoms with Crippen molar-refractivity contribution in [2.75, 3.05) is 7.11 Å². The number of hydrogen-bond donors (Lipinski definition) is 2. The maximum atomic E-state index is 10.7. The molecule has 136 valence electrons. The summed E-state index contributed by atoms with van der Waals surface area (Å²) < 4.78 is 11.3. The Kier molecular flexibility index (Phi) is 5.16. The highest BCUT2D eigenvalue weighted by atomic mass is 16.5. The molecule has 0 spiro atoms. The molecule has 0 aliphatic heterocycles. The molecule has 0 amide bonds. The van der Waals surface area contributed by atoms with Crippen molar-refractivity contribution < 1.29 is 24.2 Å². The third-order valence-electron chi connectivity index (χ3n) is 4.54. The summed E-state index contributed by atoms with van der Waals surface area (Å²) in [5.74, 6) is 0.798. The molecule has 1 aromatic carbocycles. The summed E-state index contributed by atoms with van der Waals surface area (Å²) in [6, 6.07) is 5.20. The Bertz CT molecular complexity index is 914. The van der Waals surface area contributed by atoms with Gasteiger partial charge in [0.1, 0.15) is 22.9 Å². The van der Waals surface area contributed by atoms with Gasteiger partial charge in [0.2, 0.25) is 0 Å². The van der Waals surface area contributed by atoms with Crippen LogP contribution in [0.1, 0.15) is 37.0 Å². The van der Waals surface area contributed by atoms with Crippen LogP contribution in [0.15, 0.2) is 58.3 Å². The summed E-state index contributed by atoms with van der Waals surface area (Å²) >= 11 is 0. The van der Waals surface area contributed by atoms with Crippen LogP contribution < -0.4 is 0 Å². The van der Waals surface area contributed by atoms with E-state index in [4.69, 9.17) is 14.3 Å². The number of hydrogen-bond acceptors (Lipinski definition) is 4. The highest BCUT2D eigenvalue weighted by Crippen LogP contribution is 2.40. The lowest BCUT2D eigenvalue weighted by Crippen LogP contribution is -2.06. The van der Waals surface area contributed by atoms with E-state index in [0.717, 1.165) is 53.2 Å². The molecule has 0 unspecified atom stereocenters. The fourth-order valence-electron chi connectivity index (χ4n) is 3.42. The number of allylic oxidation sites excluding steroid dienone is 4. The molecule has 5 heteroatoms. The zero-order chi connectivity index (χ0) is 18.7. The number of phenolic OH excluding ortho intramolecular Hbond substituents is 1. The monoisotopic (exact) mass is 354 g/mol. The Balaban J connectivity index is 1.92. The van der Waals surface area contributed by atoms with Gasteiger partial charge in [-0.15, -0.1) is 0 Å². The first-order valence-electron chi connectivity index (χ1n) is 8.57. The van der Waals surface area contributed by atoms with Crippen LogP contribution in [0.25, 0.3) is 11.0 Å². The fraction of sp³-hybridized carbons (Fsp3) is 0.286. The zero-order valence-corrected chi connectivity index (χ0v) is 14.9. The van der Waals surface area contributed by atoms with Crippen LogP contribution in [0.5, 0.6) is 5.75 Å². The molecule has 2 N–H and O–H groups in total. The van der Waals surface area contributed by atoms with Crippen LogP contribution in [-0.4, -0.2) is 23.3 Å². The lowest BCUT2D eigenvalue weighted by Gasteiger charge is -2.18. The van der Waals surface area contributed by atoms with Crippen molar-refractivity contribution in [1.82, 2.24) is 0 Å². The first-order chi connectivity index (χ1) is 12.5. The van der Waals surface area contributed by atoms with Gasteiger partial charge in [0.15, 0.2) is 0 Å². The quantitative estimate of drug-likeness (QED) is 0.463. The smallest absolute Gasteiger partial charge is 0.328 e. The number of carboxylic acids is 1. The van der Waals surface area contributed by atoms with Gasteiger partial charge in [0.05, 0.1) is 7.11 Å². The van der Waals surface area contributed by atoms with Crippen LogP contribution in [0.4, 0.5) is 0 Å². The number of carbonyl (C=O) groups is 1. The van der Waals surface area contributed by atoms with Gasteiger partial charge in [-0.25, -0.2) is 4.79 Å². The van der Waals surface area contributed by atoms with Crippen molar-refractivity contribution in [2.45, 2.75) is 32.1 Å². The number of methoxy groups -OCH3 is 1. The number of aromatic hydroxyl groups is 1. The third-order valence-corrected chi connectivity index (χ3v) is 4.54. The molecule has 5 nitrogen and oxygen atoms in total. The van der Waals surface area contributed by atoms with Crippen LogP contribution in [0.3, 0.4) is 0 Å². The molecule has 0 bridgehead atoms. The Hall–Kier alpha value is -2.95. The summed E-state index contributed by atoms with van der Waals surface area (Å²) in [5, 5.41) is 19.5. The van der Waals surface area contributed by atoms with E-state index < -0.39 is 5.97 Å². The molecule has 0 saturated heterocycles. The molecule has 0 saturated carbocycles. The molecule has 1 heterocycles. The molecule has 3 rings (SSSR count). The molecule has 0 fully saturated rings. The number of rotatable bonds is 5. The normalized spacial score (nSPS) is 18.3. The largest absolute Gasteiger partial charge is 0.508 e. The first kappa shape index (κ1) is 17.9. The Morgan fingerprint density at radius 3 is 2.88 bits per heavy atom. The molecule has 26 heavy (non-hydrogen) atoms. The van der Waals surface area contributed by atoms with Gasteiger partial charge in [-0.2, -0.15) is 0 Å². The summed E-state index contributed by atoms with van der Waals surface area (Å²) in [4.78, 5) is 10.7. The van der Waals surface area contributed by atoms with Gasteiger partial charge < -0.3 is 19.4 Å². The number of carboxylic acid groups (broad SMARTS) is 1. The molecule has 0 radical (unpaired) electrons. The summed E-state index contributed by atoms with van der Waals surface area (Å²) in [7, 11) is 1.51.